The molecular formula is C16H17NO4. The van der Waals surface area contributed by atoms with E-state index >= 15 is 0 Å². The van der Waals surface area contributed by atoms with Gasteiger partial charge in [-0.3, -0.25) is 4.79 Å². The maximum atomic E-state index is 12.2. The van der Waals surface area contributed by atoms with E-state index in [2.05, 4.69) is 4.98 Å². The van der Waals surface area contributed by atoms with Crippen molar-refractivity contribution in [3.63, 3.8) is 0 Å². The smallest absolute Gasteiger partial charge is 0.340 e. The molecule has 0 spiro atoms. The first-order valence-electron chi connectivity index (χ1n) is 6.90. The van der Waals surface area contributed by atoms with E-state index in [0.29, 0.717) is 28.2 Å². The van der Waals surface area contributed by atoms with Crippen molar-refractivity contribution in [2.75, 3.05) is 14.2 Å². The summed E-state index contributed by atoms with van der Waals surface area (Å²) in [6.07, 6.45) is 2.09. The van der Waals surface area contributed by atoms with E-state index < -0.39 is 5.97 Å². The largest absolute Gasteiger partial charge is 0.496 e. The zero-order valence-corrected chi connectivity index (χ0v) is 12.3. The van der Waals surface area contributed by atoms with Crippen molar-refractivity contribution in [2.24, 2.45) is 0 Å². The van der Waals surface area contributed by atoms with Gasteiger partial charge in [-0.05, 0) is 37.8 Å². The van der Waals surface area contributed by atoms with Crippen LogP contribution in [0.1, 0.15) is 52.1 Å². The number of carbonyl (C=O) groups excluding carboxylic acids is 2. The highest BCUT2D eigenvalue weighted by atomic mass is 16.5. The van der Waals surface area contributed by atoms with E-state index in [0.717, 1.165) is 24.1 Å². The normalized spacial score (nSPS) is 14.2. The number of ketones is 1. The van der Waals surface area contributed by atoms with Crippen molar-refractivity contribution in [3.8, 4) is 5.75 Å². The number of rotatable bonds is 4. The molecule has 0 saturated heterocycles. The molecule has 1 N–H and O–H groups in total. The Bertz CT molecular complexity index is 740. The molecule has 1 saturated carbocycles. The lowest BCUT2D eigenvalue weighted by molar-refractivity contribution is 0.0601. The monoisotopic (exact) mass is 287 g/mol. The average molecular weight is 287 g/mol. The van der Waals surface area contributed by atoms with Gasteiger partial charge in [0.2, 0.25) is 0 Å². The first-order chi connectivity index (χ1) is 10.1. The summed E-state index contributed by atoms with van der Waals surface area (Å²) in [5.41, 5.74) is 2.54. The molecule has 0 bridgehead atoms. The molecule has 21 heavy (non-hydrogen) atoms. The third kappa shape index (κ3) is 2.09. The van der Waals surface area contributed by atoms with Crippen LogP contribution >= 0.6 is 0 Å². The first kappa shape index (κ1) is 13.7. The van der Waals surface area contributed by atoms with Crippen LogP contribution in [0.4, 0.5) is 0 Å². The van der Waals surface area contributed by atoms with Crippen LogP contribution in [0.2, 0.25) is 0 Å². The summed E-state index contributed by atoms with van der Waals surface area (Å²) in [4.78, 5) is 27.6. The number of esters is 1. The topological polar surface area (TPSA) is 68.4 Å². The van der Waals surface area contributed by atoms with Crippen LogP contribution in [0, 0.1) is 0 Å². The first-order valence-corrected chi connectivity index (χ1v) is 6.90. The highest BCUT2D eigenvalue weighted by molar-refractivity contribution is 6.16. The fraction of sp³-hybridized carbons (Fsp3) is 0.375. The second-order valence-corrected chi connectivity index (χ2v) is 5.30. The summed E-state index contributed by atoms with van der Waals surface area (Å²) < 4.78 is 10.2. The maximum absolute atomic E-state index is 12.2. The summed E-state index contributed by atoms with van der Waals surface area (Å²) in [6.45, 7) is 1.47. The molecule has 1 aromatic heterocycles. The van der Waals surface area contributed by atoms with Crippen LogP contribution in [0.25, 0.3) is 10.9 Å². The Morgan fingerprint density at radius 3 is 2.43 bits per heavy atom. The fourth-order valence-electron chi connectivity index (χ4n) is 2.80. The molecule has 1 aliphatic carbocycles. The van der Waals surface area contributed by atoms with Crippen molar-refractivity contribution in [3.05, 3.63) is 29.0 Å². The summed E-state index contributed by atoms with van der Waals surface area (Å²) in [5, 5.41) is 0.607. The standard InChI is InChI=1S/C16H17NO4/c1-8(18)12-11(20-2)7-6-10-13(12)14(16(19)21-3)15(17-10)9-4-5-9/h6-7,9,17H,4-5H2,1-3H3. The van der Waals surface area contributed by atoms with Gasteiger partial charge < -0.3 is 14.5 Å². The number of aromatic nitrogens is 1. The molecule has 1 heterocycles. The Balaban J connectivity index is 2.39. The van der Waals surface area contributed by atoms with Gasteiger partial charge in [-0.1, -0.05) is 0 Å². The third-order valence-electron chi connectivity index (χ3n) is 3.90. The minimum atomic E-state index is -0.418. The predicted octanol–water partition coefficient (Wildman–Crippen LogP) is 3.04. The van der Waals surface area contributed by atoms with Gasteiger partial charge in [-0.15, -0.1) is 0 Å². The van der Waals surface area contributed by atoms with Gasteiger partial charge in [0.05, 0.1) is 25.3 Å². The number of aromatic amines is 1. The van der Waals surface area contributed by atoms with Gasteiger partial charge >= 0.3 is 5.97 Å². The van der Waals surface area contributed by atoms with Crippen molar-refractivity contribution in [2.45, 2.75) is 25.7 Å². The van der Waals surface area contributed by atoms with Crippen molar-refractivity contribution < 1.29 is 19.1 Å². The molecule has 0 aliphatic heterocycles. The molecule has 2 aromatic rings. The van der Waals surface area contributed by atoms with Crippen molar-refractivity contribution >= 4 is 22.7 Å². The number of methoxy groups -OCH3 is 2. The Morgan fingerprint density at radius 2 is 1.90 bits per heavy atom. The number of nitrogens with one attached hydrogen (secondary N) is 1. The van der Waals surface area contributed by atoms with Gasteiger partial charge in [0.1, 0.15) is 5.75 Å². The van der Waals surface area contributed by atoms with Gasteiger partial charge in [0.15, 0.2) is 5.78 Å². The minimum Gasteiger partial charge on any atom is -0.496 e. The van der Waals surface area contributed by atoms with Crippen molar-refractivity contribution in [1.82, 2.24) is 4.98 Å². The van der Waals surface area contributed by atoms with E-state index in [4.69, 9.17) is 9.47 Å². The Hall–Kier alpha value is -2.30. The lowest BCUT2D eigenvalue weighted by Gasteiger charge is -2.08. The van der Waals surface area contributed by atoms with Crippen LogP contribution in [0.15, 0.2) is 12.1 Å². The lowest BCUT2D eigenvalue weighted by atomic mass is 10.00. The van der Waals surface area contributed by atoms with Crippen molar-refractivity contribution in [1.29, 1.82) is 0 Å². The maximum Gasteiger partial charge on any atom is 0.340 e. The number of hydrogen-bond donors (Lipinski definition) is 1. The van der Waals surface area contributed by atoms with Gasteiger partial charge in [0.25, 0.3) is 0 Å². The van der Waals surface area contributed by atoms with E-state index in [1.54, 1.807) is 6.07 Å². The zero-order chi connectivity index (χ0) is 15.1. The Morgan fingerprint density at radius 1 is 1.19 bits per heavy atom. The SMILES string of the molecule is COC(=O)c1c(C2CC2)[nH]c2ccc(OC)c(C(C)=O)c12. The highest BCUT2D eigenvalue weighted by Gasteiger charge is 2.33. The van der Waals surface area contributed by atoms with Crippen LogP contribution in [-0.2, 0) is 4.74 Å². The second-order valence-electron chi connectivity index (χ2n) is 5.30. The van der Waals surface area contributed by atoms with Gasteiger partial charge in [-0.2, -0.15) is 0 Å². The summed E-state index contributed by atoms with van der Waals surface area (Å²) >= 11 is 0. The van der Waals surface area contributed by atoms with Crippen LogP contribution in [0.5, 0.6) is 5.75 Å². The number of carbonyl (C=O) groups is 2. The Labute approximate surface area is 122 Å². The number of Topliss-reactive ketones (excluding diaryl/α,β-unsaturated/α-hetero) is 1. The van der Waals surface area contributed by atoms with Crippen LogP contribution < -0.4 is 4.74 Å². The number of benzene rings is 1. The summed E-state index contributed by atoms with van der Waals surface area (Å²) in [5.74, 6) is 0.265. The van der Waals surface area contributed by atoms with E-state index in [1.165, 1.54) is 21.1 Å². The molecule has 0 amide bonds. The van der Waals surface area contributed by atoms with E-state index in [1.807, 2.05) is 6.07 Å². The number of fused-ring (bicyclic) bond motifs is 1. The Kier molecular flexibility index (Phi) is 3.20. The number of hydrogen-bond acceptors (Lipinski definition) is 4. The average Bonchev–Trinajstić information content (AvgIpc) is 3.25. The quantitative estimate of drug-likeness (QED) is 0.693. The van der Waals surface area contributed by atoms with Gasteiger partial charge in [-0.25, -0.2) is 4.79 Å². The zero-order valence-electron chi connectivity index (χ0n) is 12.3. The highest BCUT2D eigenvalue weighted by Crippen LogP contribution is 2.44. The number of ether oxygens (including phenoxy) is 2. The molecule has 0 unspecified atom stereocenters. The van der Waals surface area contributed by atoms with Crippen LogP contribution in [-0.4, -0.2) is 31.0 Å². The third-order valence-corrected chi connectivity index (χ3v) is 3.90. The molecule has 1 aliphatic rings. The molecule has 110 valence electrons. The molecule has 0 atom stereocenters. The molecule has 5 nitrogen and oxygen atoms in total. The molecule has 1 aromatic carbocycles. The van der Waals surface area contributed by atoms with E-state index in [-0.39, 0.29) is 5.78 Å². The fourth-order valence-corrected chi connectivity index (χ4v) is 2.80. The second kappa shape index (κ2) is 4.91. The lowest BCUT2D eigenvalue weighted by Crippen LogP contribution is -2.06. The summed E-state index contributed by atoms with van der Waals surface area (Å²) in [6, 6.07) is 3.58. The molecular weight excluding hydrogens is 270 g/mol. The molecule has 0 radical (unpaired) electrons. The molecule has 3 rings (SSSR count). The minimum absolute atomic E-state index is 0.135. The molecule has 5 heteroatoms. The van der Waals surface area contributed by atoms with Crippen LogP contribution in [0.3, 0.4) is 0 Å². The van der Waals surface area contributed by atoms with Gasteiger partial charge in [0, 0.05) is 16.6 Å². The molecule has 1 fully saturated rings. The van der Waals surface area contributed by atoms with E-state index in [9.17, 15) is 9.59 Å². The summed E-state index contributed by atoms with van der Waals surface area (Å²) in [7, 11) is 2.87. The number of H-pyrrole nitrogens is 1. The predicted molar refractivity (Wildman–Crippen MR) is 78.2 cm³/mol.